The maximum Gasteiger partial charge on any atom is 0.238 e. The second-order valence-corrected chi connectivity index (χ2v) is 7.39. The molecule has 0 aliphatic heterocycles. The zero-order valence-electron chi connectivity index (χ0n) is 15.4. The molecule has 0 saturated carbocycles. The van der Waals surface area contributed by atoms with Crippen LogP contribution in [0, 0.1) is 0 Å². The van der Waals surface area contributed by atoms with Gasteiger partial charge in [-0.05, 0) is 43.2 Å². The van der Waals surface area contributed by atoms with E-state index in [2.05, 4.69) is 15.6 Å². The van der Waals surface area contributed by atoms with Crippen LogP contribution in [-0.2, 0) is 16.6 Å². The number of primary sulfonamides is 1. The van der Waals surface area contributed by atoms with Crippen molar-refractivity contribution in [3.63, 3.8) is 0 Å². The SMILES string of the molecule is CCNC(=NCc1ccc(S(N)(=O)=O)cc1)NCCCOc1ccccc1. The highest BCUT2D eigenvalue weighted by atomic mass is 32.2. The number of sulfonamides is 1. The minimum atomic E-state index is -3.67. The maximum atomic E-state index is 11.3. The monoisotopic (exact) mass is 390 g/mol. The maximum absolute atomic E-state index is 11.3. The molecule has 4 N–H and O–H groups in total. The Labute approximate surface area is 160 Å². The Morgan fingerprint density at radius 3 is 2.41 bits per heavy atom. The molecule has 0 aliphatic carbocycles. The van der Waals surface area contributed by atoms with Gasteiger partial charge in [-0.2, -0.15) is 0 Å². The molecule has 2 aromatic carbocycles. The van der Waals surface area contributed by atoms with Crippen molar-refractivity contribution in [1.82, 2.24) is 10.6 Å². The summed E-state index contributed by atoms with van der Waals surface area (Å²) in [4.78, 5) is 4.60. The van der Waals surface area contributed by atoms with Crippen LogP contribution in [-0.4, -0.2) is 34.1 Å². The molecule has 0 unspecified atom stereocenters. The van der Waals surface area contributed by atoms with Crippen LogP contribution < -0.4 is 20.5 Å². The number of rotatable bonds is 9. The summed E-state index contributed by atoms with van der Waals surface area (Å²) in [5, 5.41) is 11.5. The van der Waals surface area contributed by atoms with Crippen molar-refractivity contribution in [2.45, 2.75) is 24.8 Å². The summed E-state index contributed by atoms with van der Waals surface area (Å²) in [6, 6.07) is 16.1. The van der Waals surface area contributed by atoms with Gasteiger partial charge in [-0.1, -0.05) is 30.3 Å². The van der Waals surface area contributed by atoms with E-state index >= 15 is 0 Å². The third-order valence-corrected chi connectivity index (χ3v) is 4.57. The summed E-state index contributed by atoms with van der Waals surface area (Å²) in [6.45, 7) is 4.52. The van der Waals surface area contributed by atoms with Gasteiger partial charge in [0.05, 0.1) is 18.0 Å². The summed E-state index contributed by atoms with van der Waals surface area (Å²) < 4.78 is 28.2. The molecule has 2 aromatic rings. The lowest BCUT2D eigenvalue weighted by molar-refractivity contribution is 0.311. The van der Waals surface area contributed by atoms with Crippen molar-refractivity contribution < 1.29 is 13.2 Å². The van der Waals surface area contributed by atoms with Crippen molar-refractivity contribution in [3.8, 4) is 5.75 Å². The quantitative estimate of drug-likeness (QED) is 0.344. The summed E-state index contributed by atoms with van der Waals surface area (Å²) in [5.74, 6) is 1.56. The lowest BCUT2D eigenvalue weighted by Gasteiger charge is -2.12. The van der Waals surface area contributed by atoms with Crippen molar-refractivity contribution in [2.75, 3.05) is 19.7 Å². The minimum Gasteiger partial charge on any atom is -0.494 e. The molecular formula is C19H26N4O3S. The molecule has 0 radical (unpaired) electrons. The molecule has 0 amide bonds. The summed E-state index contributed by atoms with van der Waals surface area (Å²) >= 11 is 0. The number of ether oxygens (including phenoxy) is 1. The number of para-hydroxylation sites is 1. The molecule has 0 fully saturated rings. The first kappa shape index (κ1) is 20.7. The van der Waals surface area contributed by atoms with Crippen LogP contribution >= 0.6 is 0 Å². The molecular weight excluding hydrogens is 364 g/mol. The molecule has 8 heteroatoms. The number of guanidine groups is 1. The van der Waals surface area contributed by atoms with E-state index in [9.17, 15) is 8.42 Å². The van der Waals surface area contributed by atoms with E-state index in [1.54, 1.807) is 12.1 Å². The van der Waals surface area contributed by atoms with Crippen LogP contribution in [0.1, 0.15) is 18.9 Å². The van der Waals surface area contributed by atoms with Crippen LogP contribution in [0.15, 0.2) is 64.5 Å². The molecule has 7 nitrogen and oxygen atoms in total. The van der Waals surface area contributed by atoms with Crippen LogP contribution in [0.4, 0.5) is 0 Å². The lowest BCUT2D eigenvalue weighted by atomic mass is 10.2. The molecule has 2 rings (SSSR count). The van der Waals surface area contributed by atoms with Gasteiger partial charge in [-0.3, -0.25) is 0 Å². The third-order valence-electron chi connectivity index (χ3n) is 3.64. The summed E-state index contributed by atoms with van der Waals surface area (Å²) in [7, 11) is -3.67. The predicted molar refractivity (Wildman–Crippen MR) is 107 cm³/mol. The number of nitrogens with one attached hydrogen (secondary N) is 2. The van der Waals surface area contributed by atoms with E-state index in [-0.39, 0.29) is 4.90 Å². The zero-order chi connectivity index (χ0) is 19.5. The summed E-state index contributed by atoms with van der Waals surface area (Å²) in [5.41, 5.74) is 0.895. The normalized spacial score (nSPS) is 11.9. The molecule has 0 aliphatic rings. The molecule has 146 valence electrons. The fraction of sp³-hybridized carbons (Fsp3) is 0.316. The van der Waals surface area contributed by atoms with Gasteiger partial charge in [0.15, 0.2) is 5.96 Å². The van der Waals surface area contributed by atoms with Crippen molar-refractivity contribution >= 4 is 16.0 Å². The Bertz CT molecular complexity index is 822. The molecule has 0 spiro atoms. The van der Waals surface area contributed by atoms with E-state index in [1.807, 2.05) is 37.3 Å². The van der Waals surface area contributed by atoms with Gasteiger partial charge in [-0.25, -0.2) is 18.5 Å². The standard InChI is InChI=1S/C19H26N4O3S/c1-2-21-19(22-13-6-14-26-17-7-4-3-5-8-17)23-15-16-9-11-18(12-10-16)27(20,24)25/h3-5,7-12H,2,6,13-15H2,1H3,(H2,20,24,25)(H2,21,22,23). The molecule has 0 aromatic heterocycles. The number of nitrogens with zero attached hydrogens (tertiary/aromatic N) is 1. The highest BCUT2D eigenvalue weighted by Crippen LogP contribution is 2.10. The van der Waals surface area contributed by atoms with Gasteiger partial charge < -0.3 is 15.4 Å². The van der Waals surface area contributed by atoms with Crippen LogP contribution in [0.5, 0.6) is 5.75 Å². The zero-order valence-corrected chi connectivity index (χ0v) is 16.2. The Morgan fingerprint density at radius 1 is 1.07 bits per heavy atom. The number of benzene rings is 2. The van der Waals surface area contributed by atoms with Crippen LogP contribution in [0.25, 0.3) is 0 Å². The first-order chi connectivity index (χ1) is 13.0. The predicted octanol–water partition coefficient (Wildman–Crippen LogP) is 1.86. The van der Waals surface area contributed by atoms with Crippen molar-refractivity contribution in [3.05, 3.63) is 60.2 Å². The average Bonchev–Trinajstić information content (AvgIpc) is 2.66. The van der Waals surface area contributed by atoms with Gasteiger partial charge in [0, 0.05) is 13.1 Å². The molecule has 0 atom stereocenters. The first-order valence-electron chi connectivity index (χ1n) is 8.81. The number of nitrogens with two attached hydrogens (primary N) is 1. The van der Waals surface area contributed by atoms with Crippen molar-refractivity contribution in [1.29, 1.82) is 0 Å². The number of aliphatic imine (C=N–C) groups is 1. The third kappa shape index (κ3) is 7.67. The fourth-order valence-electron chi connectivity index (χ4n) is 2.28. The lowest BCUT2D eigenvalue weighted by Crippen LogP contribution is -2.38. The highest BCUT2D eigenvalue weighted by molar-refractivity contribution is 7.89. The molecule has 0 bridgehead atoms. The molecule has 0 saturated heterocycles. The Hall–Kier alpha value is -2.58. The number of hydrogen-bond donors (Lipinski definition) is 3. The first-order valence-corrected chi connectivity index (χ1v) is 10.4. The molecule has 27 heavy (non-hydrogen) atoms. The second kappa shape index (κ2) is 10.5. The Morgan fingerprint density at radius 2 is 1.78 bits per heavy atom. The van der Waals surface area contributed by atoms with Crippen LogP contribution in [0.2, 0.25) is 0 Å². The van der Waals surface area contributed by atoms with E-state index < -0.39 is 10.0 Å². The van der Waals surface area contributed by atoms with Gasteiger partial charge in [0.1, 0.15) is 5.75 Å². The van der Waals surface area contributed by atoms with E-state index in [0.29, 0.717) is 19.1 Å². The highest BCUT2D eigenvalue weighted by Gasteiger charge is 2.06. The number of hydrogen-bond acceptors (Lipinski definition) is 4. The van der Waals surface area contributed by atoms with Crippen LogP contribution in [0.3, 0.4) is 0 Å². The molecule has 0 heterocycles. The second-order valence-electron chi connectivity index (χ2n) is 5.83. The largest absolute Gasteiger partial charge is 0.494 e. The summed E-state index contributed by atoms with van der Waals surface area (Å²) in [6.07, 6.45) is 0.836. The Balaban J connectivity index is 1.79. The van der Waals surface area contributed by atoms with E-state index in [1.165, 1.54) is 12.1 Å². The smallest absolute Gasteiger partial charge is 0.238 e. The van der Waals surface area contributed by atoms with Gasteiger partial charge in [-0.15, -0.1) is 0 Å². The van der Waals surface area contributed by atoms with Gasteiger partial charge >= 0.3 is 0 Å². The Kier molecular flexibility index (Phi) is 8.09. The van der Waals surface area contributed by atoms with Gasteiger partial charge in [0.2, 0.25) is 10.0 Å². The fourth-order valence-corrected chi connectivity index (χ4v) is 2.80. The van der Waals surface area contributed by atoms with Crippen molar-refractivity contribution in [2.24, 2.45) is 10.1 Å². The van der Waals surface area contributed by atoms with E-state index in [4.69, 9.17) is 9.88 Å². The topological polar surface area (TPSA) is 106 Å². The van der Waals surface area contributed by atoms with Gasteiger partial charge in [0.25, 0.3) is 0 Å². The van der Waals surface area contributed by atoms with E-state index in [0.717, 1.165) is 30.8 Å². The average molecular weight is 391 g/mol. The minimum absolute atomic E-state index is 0.0960.